The van der Waals surface area contributed by atoms with Crippen molar-refractivity contribution in [2.75, 3.05) is 13.7 Å². The minimum atomic E-state index is 0.458. The molecule has 0 spiro atoms. The van der Waals surface area contributed by atoms with E-state index in [4.69, 9.17) is 4.74 Å². The maximum Gasteiger partial charge on any atom is 0.107 e. The maximum absolute atomic E-state index is 4.88. The van der Waals surface area contributed by atoms with E-state index in [1.54, 1.807) is 7.11 Å². The second kappa shape index (κ2) is 4.61. The fraction of sp³-hybridized carbons (Fsp3) is 0.250. The summed E-state index contributed by atoms with van der Waals surface area (Å²) in [4.78, 5) is 4.21. The number of methoxy groups -OCH3 is 1. The predicted molar refractivity (Wildman–Crippen MR) is 64.2 cm³/mol. The summed E-state index contributed by atoms with van der Waals surface area (Å²) in [6.45, 7) is 1.22. The molecule has 0 radical (unpaired) electrons. The third-order valence-electron chi connectivity index (χ3n) is 2.16. The van der Waals surface area contributed by atoms with E-state index in [2.05, 4.69) is 44.9 Å². The lowest BCUT2D eigenvalue weighted by atomic mass is 10.1. The van der Waals surface area contributed by atoms with Crippen LogP contribution >= 0.6 is 15.9 Å². The van der Waals surface area contributed by atoms with Gasteiger partial charge in [0.05, 0.1) is 6.54 Å². The molecule has 15 heavy (non-hydrogen) atoms. The van der Waals surface area contributed by atoms with Crippen molar-refractivity contribution in [2.45, 2.75) is 6.54 Å². The Morgan fingerprint density at radius 1 is 1.53 bits per heavy atom. The average molecular weight is 264 g/mol. The highest BCUT2D eigenvalue weighted by molar-refractivity contribution is 9.10. The third kappa shape index (κ3) is 2.28. The van der Waals surface area contributed by atoms with Crippen molar-refractivity contribution in [3.05, 3.63) is 33.3 Å². The monoisotopic (exact) mass is 263 g/mol. The first-order valence-electron chi connectivity index (χ1n) is 4.61. The Labute approximate surface area is 97.5 Å². The summed E-state index contributed by atoms with van der Waals surface area (Å²) in [5.74, 6) is 6.01. The second-order valence-electron chi connectivity index (χ2n) is 3.24. The van der Waals surface area contributed by atoms with Crippen molar-refractivity contribution in [3.63, 3.8) is 0 Å². The zero-order chi connectivity index (χ0) is 10.7. The molecule has 2 rings (SSSR count). The Hall–Kier alpha value is -1.11. The van der Waals surface area contributed by atoms with Gasteiger partial charge in [0.2, 0.25) is 0 Å². The molecule has 0 atom stereocenters. The Morgan fingerprint density at radius 2 is 2.40 bits per heavy atom. The molecule has 1 heterocycles. The largest absolute Gasteiger partial charge is 0.372 e. The molecule has 1 aliphatic rings. The van der Waals surface area contributed by atoms with E-state index in [9.17, 15) is 0 Å². The van der Waals surface area contributed by atoms with Gasteiger partial charge in [0, 0.05) is 23.4 Å². The Kier molecular flexibility index (Phi) is 3.20. The van der Waals surface area contributed by atoms with Crippen LogP contribution in [0, 0.1) is 11.8 Å². The molecule has 2 nitrogen and oxygen atoms in total. The molecule has 0 N–H and O–H groups in total. The highest BCUT2D eigenvalue weighted by atomic mass is 79.9. The Bertz CT molecular complexity index is 468. The second-order valence-corrected chi connectivity index (χ2v) is 4.09. The van der Waals surface area contributed by atoms with Crippen molar-refractivity contribution in [1.29, 1.82) is 0 Å². The van der Waals surface area contributed by atoms with Gasteiger partial charge in [-0.1, -0.05) is 11.8 Å². The van der Waals surface area contributed by atoms with E-state index in [1.165, 1.54) is 11.1 Å². The molecule has 0 aromatic heterocycles. The van der Waals surface area contributed by atoms with Gasteiger partial charge in [-0.2, -0.15) is 0 Å². The lowest BCUT2D eigenvalue weighted by Crippen LogP contribution is -1.89. The van der Waals surface area contributed by atoms with Crippen LogP contribution in [0.2, 0.25) is 0 Å². The Balaban J connectivity index is 2.32. The summed E-state index contributed by atoms with van der Waals surface area (Å²) in [6, 6.07) is 4.14. The molecule has 1 aromatic rings. The lowest BCUT2D eigenvalue weighted by Gasteiger charge is -2.01. The van der Waals surface area contributed by atoms with Crippen LogP contribution in [0.3, 0.4) is 0 Å². The van der Waals surface area contributed by atoms with E-state index in [-0.39, 0.29) is 0 Å². The van der Waals surface area contributed by atoms with Crippen LogP contribution in [0.5, 0.6) is 0 Å². The van der Waals surface area contributed by atoms with Crippen LogP contribution in [-0.4, -0.2) is 19.9 Å². The highest BCUT2D eigenvalue weighted by Crippen LogP contribution is 2.23. The number of benzene rings is 1. The van der Waals surface area contributed by atoms with Crippen LogP contribution < -0.4 is 0 Å². The minimum Gasteiger partial charge on any atom is -0.372 e. The maximum atomic E-state index is 4.88. The van der Waals surface area contributed by atoms with Crippen molar-refractivity contribution in [2.24, 2.45) is 4.99 Å². The summed E-state index contributed by atoms with van der Waals surface area (Å²) in [6.07, 6.45) is 1.90. The lowest BCUT2D eigenvalue weighted by molar-refractivity contribution is 0.240. The molecule has 3 heteroatoms. The fourth-order valence-electron chi connectivity index (χ4n) is 1.43. The molecular formula is C12H10BrNO. The van der Waals surface area contributed by atoms with Gasteiger partial charge in [-0.15, -0.1) is 0 Å². The van der Waals surface area contributed by atoms with Gasteiger partial charge in [0.15, 0.2) is 0 Å². The minimum absolute atomic E-state index is 0.458. The molecule has 0 saturated carbocycles. The van der Waals surface area contributed by atoms with E-state index in [0.29, 0.717) is 6.61 Å². The first-order valence-corrected chi connectivity index (χ1v) is 5.40. The molecule has 0 bridgehead atoms. The zero-order valence-corrected chi connectivity index (χ0v) is 9.97. The summed E-state index contributed by atoms with van der Waals surface area (Å²) < 4.78 is 5.89. The first kappa shape index (κ1) is 10.4. The number of halogens is 1. The van der Waals surface area contributed by atoms with Gasteiger partial charge < -0.3 is 4.74 Å². The van der Waals surface area contributed by atoms with Gasteiger partial charge in [-0.3, -0.25) is 4.99 Å². The zero-order valence-electron chi connectivity index (χ0n) is 8.38. The quantitative estimate of drug-likeness (QED) is 0.714. The molecular weight excluding hydrogens is 254 g/mol. The third-order valence-corrected chi connectivity index (χ3v) is 2.82. The topological polar surface area (TPSA) is 21.6 Å². The Morgan fingerprint density at radius 3 is 3.20 bits per heavy atom. The van der Waals surface area contributed by atoms with Crippen LogP contribution in [-0.2, 0) is 11.3 Å². The standard InChI is InChI=1S/C12H10BrNO/c1-15-4-2-3-9-5-10-7-14-8-11(10)6-12(9)13/h5-6,8H,4,7H2,1H3. The van der Waals surface area contributed by atoms with E-state index in [0.717, 1.165) is 16.6 Å². The van der Waals surface area contributed by atoms with Crippen molar-refractivity contribution >= 4 is 22.1 Å². The molecule has 1 aromatic carbocycles. The van der Waals surface area contributed by atoms with Crippen LogP contribution in [0.4, 0.5) is 0 Å². The van der Waals surface area contributed by atoms with Crippen molar-refractivity contribution < 1.29 is 4.74 Å². The van der Waals surface area contributed by atoms with Gasteiger partial charge in [0.25, 0.3) is 0 Å². The van der Waals surface area contributed by atoms with Crippen LogP contribution in [0.25, 0.3) is 0 Å². The molecule has 0 fully saturated rings. The summed E-state index contributed by atoms with van der Waals surface area (Å²) in [7, 11) is 1.64. The fourth-order valence-corrected chi connectivity index (χ4v) is 1.89. The molecule has 0 amide bonds. The summed E-state index contributed by atoms with van der Waals surface area (Å²) >= 11 is 3.50. The normalized spacial score (nSPS) is 12.1. The van der Waals surface area contributed by atoms with Gasteiger partial charge in [-0.05, 0) is 39.2 Å². The molecule has 0 unspecified atom stereocenters. The number of hydrogen-bond donors (Lipinski definition) is 0. The number of hydrogen-bond acceptors (Lipinski definition) is 2. The van der Waals surface area contributed by atoms with Gasteiger partial charge in [0.1, 0.15) is 6.61 Å². The first-order chi connectivity index (χ1) is 7.31. The smallest absolute Gasteiger partial charge is 0.107 e. The number of fused-ring (bicyclic) bond motifs is 1. The van der Waals surface area contributed by atoms with E-state index >= 15 is 0 Å². The summed E-state index contributed by atoms with van der Waals surface area (Å²) in [5, 5.41) is 0. The molecule has 76 valence electrons. The van der Waals surface area contributed by atoms with Crippen molar-refractivity contribution in [1.82, 2.24) is 0 Å². The predicted octanol–water partition coefficient (Wildman–Crippen LogP) is 2.38. The summed E-state index contributed by atoms with van der Waals surface area (Å²) in [5.41, 5.74) is 3.41. The average Bonchev–Trinajstić information content (AvgIpc) is 2.65. The van der Waals surface area contributed by atoms with E-state index in [1.807, 2.05) is 6.21 Å². The highest BCUT2D eigenvalue weighted by Gasteiger charge is 2.08. The SMILES string of the molecule is COCC#Cc1cc2c(cc1Br)C=NC2. The van der Waals surface area contributed by atoms with Crippen LogP contribution in [0.1, 0.15) is 16.7 Å². The van der Waals surface area contributed by atoms with Gasteiger partial charge >= 0.3 is 0 Å². The number of nitrogens with zero attached hydrogens (tertiary/aromatic N) is 1. The van der Waals surface area contributed by atoms with Crippen LogP contribution in [0.15, 0.2) is 21.6 Å². The number of ether oxygens (including phenoxy) is 1. The molecule has 0 saturated heterocycles. The van der Waals surface area contributed by atoms with E-state index < -0.39 is 0 Å². The van der Waals surface area contributed by atoms with Crippen molar-refractivity contribution in [3.8, 4) is 11.8 Å². The number of aliphatic imine (C=N–C) groups is 1. The van der Waals surface area contributed by atoms with Gasteiger partial charge in [-0.25, -0.2) is 0 Å². The number of rotatable bonds is 1. The molecule has 1 aliphatic heterocycles. The molecule has 0 aliphatic carbocycles.